The summed E-state index contributed by atoms with van der Waals surface area (Å²) in [6.45, 7) is 0.803. The van der Waals surface area contributed by atoms with E-state index in [2.05, 4.69) is 41.0 Å². The number of carbonyl (C=O) groups excluding carboxylic acids is 2. The average Bonchev–Trinajstić information content (AvgIpc) is 3.37. The Kier molecular flexibility index (Phi) is 5.66. The molecule has 36 heavy (non-hydrogen) atoms. The first kappa shape index (κ1) is 22.3. The molecule has 1 aromatic heterocycles. The summed E-state index contributed by atoms with van der Waals surface area (Å²) < 4.78 is 15.4. The van der Waals surface area contributed by atoms with Gasteiger partial charge in [-0.2, -0.15) is 0 Å². The Morgan fingerprint density at radius 3 is 2.33 bits per heavy atom. The van der Waals surface area contributed by atoms with Crippen LogP contribution in [0.5, 0.6) is 0 Å². The highest BCUT2D eigenvalue weighted by molar-refractivity contribution is 8.18. The van der Waals surface area contributed by atoms with Gasteiger partial charge in [-0.15, -0.1) is 0 Å². The zero-order valence-corrected chi connectivity index (χ0v) is 20.0. The molecule has 6 heteroatoms. The third kappa shape index (κ3) is 4.20. The molecule has 1 fully saturated rings. The number of imide groups is 1. The molecule has 0 N–H and O–H groups in total. The number of halogens is 1. The smallest absolute Gasteiger partial charge is 0.293 e. The molecule has 6 rings (SSSR count). The number of thioether (sulfide) groups is 1. The normalized spacial score (nSPS) is 15.0. The summed E-state index contributed by atoms with van der Waals surface area (Å²) >= 11 is 0.937. The van der Waals surface area contributed by atoms with E-state index in [-0.39, 0.29) is 23.5 Å². The number of para-hydroxylation sites is 1. The zero-order chi connectivity index (χ0) is 24.6. The lowest BCUT2D eigenvalue weighted by molar-refractivity contribution is -0.123. The lowest BCUT2D eigenvalue weighted by atomic mass is 10.1. The van der Waals surface area contributed by atoms with Crippen molar-refractivity contribution in [2.75, 3.05) is 0 Å². The van der Waals surface area contributed by atoms with Gasteiger partial charge < -0.3 is 4.57 Å². The van der Waals surface area contributed by atoms with E-state index in [4.69, 9.17) is 0 Å². The van der Waals surface area contributed by atoms with Crippen LogP contribution >= 0.6 is 11.8 Å². The molecular formula is C30H21FN2O2S. The molecule has 4 nitrogen and oxygen atoms in total. The fraction of sp³-hybridized carbons (Fsp3) is 0.0667. The molecule has 0 saturated carbocycles. The van der Waals surface area contributed by atoms with Crippen molar-refractivity contribution >= 4 is 50.7 Å². The molecule has 4 aromatic carbocycles. The van der Waals surface area contributed by atoms with Crippen molar-refractivity contribution in [1.29, 1.82) is 0 Å². The molecule has 0 bridgehead atoms. The number of rotatable bonds is 5. The molecule has 0 radical (unpaired) electrons. The van der Waals surface area contributed by atoms with E-state index in [1.54, 1.807) is 18.2 Å². The van der Waals surface area contributed by atoms with Crippen molar-refractivity contribution in [3.63, 3.8) is 0 Å². The van der Waals surface area contributed by atoms with Crippen molar-refractivity contribution in [3.05, 3.63) is 125 Å². The number of amides is 2. The van der Waals surface area contributed by atoms with Gasteiger partial charge in [0.25, 0.3) is 11.1 Å². The fourth-order valence-corrected chi connectivity index (χ4v) is 5.43. The van der Waals surface area contributed by atoms with Crippen LogP contribution in [0, 0.1) is 5.82 Å². The van der Waals surface area contributed by atoms with Crippen LogP contribution in [0.3, 0.4) is 0 Å². The van der Waals surface area contributed by atoms with Crippen LogP contribution in [0.2, 0.25) is 0 Å². The maximum Gasteiger partial charge on any atom is 0.293 e. The Labute approximate surface area is 211 Å². The van der Waals surface area contributed by atoms with Crippen LogP contribution in [0.25, 0.3) is 27.8 Å². The largest absolute Gasteiger partial charge is 0.342 e. The maximum atomic E-state index is 13.2. The highest BCUT2D eigenvalue weighted by Crippen LogP contribution is 2.35. The summed E-state index contributed by atoms with van der Waals surface area (Å²) in [4.78, 5) is 27.3. The predicted octanol–water partition coefficient (Wildman–Crippen LogP) is 7.22. The summed E-state index contributed by atoms with van der Waals surface area (Å²) in [7, 11) is 0. The predicted molar refractivity (Wildman–Crippen MR) is 143 cm³/mol. The molecular weight excluding hydrogens is 471 g/mol. The minimum atomic E-state index is -0.354. The van der Waals surface area contributed by atoms with Crippen LogP contribution in [0.15, 0.2) is 102 Å². The van der Waals surface area contributed by atoms with E-state index < -0.39 is 0 Å². The SMILES string of the molecule is O=C1S/C(=C\c2cn(Cc3ccc4ccccc4c3)c3ccccc23)C(=O)N1Cc1ccc(F)cc1. The first-order valence-electron chi connectivity index (χ1n) is 11.6. The monoisotopic (exact) mass is 492 g/mol. The van der Waals surface area contributed by atoms with Gasteiger partial charge in [0.05, 0.1) is 11.4 Å². The lowest BCUT2D eigenvalue weighted by Gasteiger charge is -2.12. The van der Waals surface area contributed by atoms with Crippen LogP contribution < -0.4 is 0 Å². The Balaban J connectivity index is 1.31. The Morgan fingerprint density at radius 2 is 1.50 bits per heavy atom. The molecule has 2 heterocycles. The Bertz CT molecular complexity index is 1670. The topological polar surface area (TPSA) is 42.3 Å². The summed E-state index contributed by atoms with van der Waals surface area (Å²) in [5.41, 5.74) is 3.83. The van der Waals surface area contributed by atoms with E-state index >= 15 is 0 Å². The second-order valence-corrected chi connectivity index (χ2v) is 9.80. The summed E-state index contributed by atoms with van der Waals surface area (Å²) in [6.07, 6.45) is 3.84. The second-order valence-electron chi connectivity index (χ2n) is 8.81. The van der Waals surface area contributed by atoms with Crippen molar-refractivity contribution in [2.24, 2.45) is 0 Å². The third-order valence-electron chi connectivity index (χ3n) is 6.40. The fourth-order valence-electron chi connectivity index (χ4n) is 4.60. The molecule has 176 valence electrons. The average molecular weight is 493 g/mol. The van der Waals surface area contributed by atoms with Gasteiger partial charge >= 0.3 is 0 Å². The van der Waals surface area contributed by atoms with Gasteiger partial charge in [0, 0.05) is 29.2 Å². The van der Waals surface area contributed by atoms with E-state index in [0.717, 1.165) is 28.2 Å². The number of nitrogens with zero attached hydrogens (tertiary/aromatic N) is 2. The first-order chi connectivity index (χ1) is 17.5. The van der Waals surface area contributed by atoms with Crippen LogP contribution in [0.4, 0.5) is 9.18 Å². The summed E-state index contributed by atoms with van der Waals surface area (Å²) in [5, 5.41) is 3.09. The molecule has 0 aliphatic carbocycles. The standard InChI is InChI=1S/C30H21FN2O2S/c31-25-13-10-20(11-14-25)18-33-29(34)28(36-30(33)35)16-24-19-32(27-8-4-3-7-26(24)27)17-21-9-12-22-5-1-2-6-23(22)15-21/h1-16,19H,17-18H2/b28-16-. The van der Waals surface area contributed by atoms with Crippen molar-refractivity contribution in [2.45, 2.75) is 13.1 Å². The molecule has 0 unspecified atom stereocenters. The number of benzene rings is 4. The second kappa shape index (κ2) is 9.13. The maximum absolute atomic E-state index is 13.2. The molecule has 2 amide bonds. The molecule has 5 aromatic rings. The number of hydrogen-bond acceptors (Lipinski definition) is 3. The number of hydrogen-bond donors (Lipinski definition) is 0. The number of fused-ring (bicyclic) bond motifs is 2. The van der Waals surface area contributed by atoms with Crippen molar-refractivity contribution in [3.8, 4) is 0 Å². The summed E-state index contributed by atoms with van der Waals surface area (Å²) in [5.74, 6) is -0.687. The van der Waals surface area contributed by atoms with Gasteiger partial charge in [0.15, 0.2) is 0 Å². The van der Waals surface area contributed by atoms with E-state index in [1.807, 2.05) is 36.5 Å². The van der Waals surface area contributed by atoms with Crippen LogP contribution in [-0.4, -0.2) is 20.6 Å². The quantitative estimate of drug-likeness (QED) is 0.243. The highest BCUT2D eigenvalue weighted by atomic mass is 32.2. The molecule has 0 atom stereocenters. The van der Waals surface area contributed by atoms with E-state index in [9.17, 15) is 14.0 Å². The molecule has 1 saturated heterocycles. The molecule has 1 aliphatic rings. The van der Waals surface area contributed by atoms with Crippen LogP contribution in [-0.2, 0) is 17.9 Å². The van der Waals surface area contributed by atoms with Gasteiger partial charge in [-0.3, -0.25) is 14.5 Å². The van der Waals surface area contributed by atoms with Gasteiger partial charge in [-0.1, -0.05) is 66.7 Å². The minimum Gasteiger partial charge on any atom is -0.342 e. The Hall–Kier alpha value is -4.16. The third-order valence-corrected chi connectivity index (χ3v) is 7.31. The van der Waals surface area contributed by atoms with E-state index in [0.29, 0.717) is 17.0 Å². The lowest BCUT2D eigenvalue weighted by Crippen LogP contribution is -2.27. The highest BCUT2D eigenvalue weighted by Gasteiger charge is 2.35. The zero-order valence-electron chi connectivity index (χ0n) is 19.2. The number of aromatic nitrogens is 1. The summed E-state index contributed by atoms with van der Waals surface area (Å²) in [6, 6.07) is 28.7. The number of carbonyl (C=O) groups is 2. The molecule has 1 aliphatic heterocycles. The van der Waals surface area contributed by atoms with Crippen molar-refractivity contribution in [1.82, 2.24) is 9.47 Å². The van der Waals surface area contributed by atoms with Gasteiger partial charge in [0.2, 0.25) is 0 Å². The van der Waals surface area contributed by atoms with Gasteiger partial charge in [-0.05, 0) is 64.0 Å². The van der Waals surface area contributed by atoms with Crippen molar-refractivity contribution < 1.29 is 14.0 Å². The Morgan fingerprint density at radius 1 is 0.778 bits per heavy atom. The van der Waals surface area contributed by atoms with Gasteiger partial charge in [0.1, 0.15) is 5.82 Å². The molecule has 0 spiro atoms. The first-order valence-corrected chi connectivity index (χ1v) is 12.4. The van der Waals surface area contributed by atoms with Gasteiger partial charge in [-0.25, -0.2) is 4.39 Å². The van der Waals surface area contributed by atoms with Crippen LogP contribution in [0.1, 0.15) is 16.7 Å². The van der Waals surface area contributed by atoms with E-state index in [1.165, 1.54) is 33.4 Å². The minimum absolute atomic E-state index is 0.117.